The number of amides is 1. The van der Waals surface area contributed by atoms with E-state index in [1.165, 1.54) is 51.4 Å². The van der Waals surface area contributed by atoms with Crippen LogP contribution in [-0.2, 0) is 7.05 Å². The Balaban J connectivity index is 1.33. The molecule has 1 heterocycles. The van der Waals surface area contributed by atoms with E-state index in [-0.39, 0.29) is 5.91 Å². The van der Waals surface area contributed by atoms with Crippen molar-refractivity contribution in [3.63, 3.8) is 0 Å². The predicted octanol–water partition coefficient (Wildman–Crippen LogP) is 4.18. The Morgan fingerprint density at radius 1 is 1.26 bits per heavy atom. The largest absolute Gasteiger partial charge is 0.477 e. The number of rotatable bonds is 6. The van der Waals surface area contributed by atoms with Crippen molar-refractivity contribution in [1.29, 1.82) is 0 Å². The number of nitrogens with zero attached hydrogens (tertiary/aromatic N) is 2. The standard InChI is InChI=1S/C22H35N3O2/c1-22(2)17-10-9-16(19(22)11-17)12-23-20(26)18-13-24-25(3)21(18)27-14-15-7-5-4-6-8-15/h13,15-17,19H,4-12,14H2,1-3H3,(H,23,26)/t16-,17+,19+/m1/s1. The highest BCUT2D eigenvalue weighted by molar-refractivity contribution is 5.96. The molecule has 0 unspecified atom stereocenters. The number of ether oxygens (including phenoxy) is 1. The molecule has 4 saturated carbocycles. The smallest absolute Gasteiger partial charge is 0.258 e. The molecule has 27 heavy (non-hydrogen) atoms. The van der Waals surface area contributed by atoms with E-state index in [9.17, 15) is 4.79 Å². The number of aryl methyl sites for hydroxylation is 1. The topological polar surface area (TPSA) is 56.2 Å². The summed E-state index contributed by atoms with van der Waals surface area (Å²) < 4.78 is 7.75. The van der Waals surface area contributed by atoms with Crippen LogP contribution < -0.4 is 10.1 Å². The van der Waals surface area contributed by atoms with Crippen LogP contribution in [0.25, 0.3) is 0 Å². The summed E-state index contributed by atoms with van der Waals surface area (Å²) >= 11 is 0. The minimum atomic E-state index is -0.0407. The predicted molar refractivity (Wildman–Crippen MR) is 106 cm³/mol. The highest BCUT2D eigenvalue weighted by Gasteiger charge is 2.53. The number of fused-ring (bicyclic) bond motifs is 2. The average molecular weight is 374 g/mol. The number of aromatic nitrogens is 2. The molecule has 0 aliphatic heterocycles. The molecule has 1 amide bonds. The number of hydrogen-bond acceptors (Lipinski definition) is 3. The van der Waals surface area contributed by atoms with E-state index in [1.54, 1.807) is 10.9 Å². The second-order valence-corrected chi connectivity index (χ2v) is 9.71. The van der Waals surface area contributed by atoms with E-state index < -0.39 is 0 Å². The minimum absolute atomic E-state index is 0.0407. The molecule has 4 aliphatic rings. The first-order chi connectivity index (χ1) is 13.0. The van der Waals surface area contributed by atoms with Crippen LogP contribution in [0.5, 0.6) is 5.88 Å². The molecule has 5 nitrogen and oxygen atoms in total. The van der Waals surface area contributed by atoms with Crippen molar-refractivity contribution >= 4 is 5.91 Å². The molecule has 4 fully saturated rings. The van der Waals surface area contributed by atoms with Gasteiger partial charge in [0, 0.05) is 13.6 Å². The van der Waals surface area contributed by atoms with E-state index >= 15 is 0 Å². The van der Waals surface area contributed by atoms with Crippen LogP contribution in [0, 0.1) is 29.1 Å². The van der Waals surface area contributed by atoms with Gasteiger partial charge in [-0.15, -0.1) is 0 Å². The second kappa shape index (κ2) is 7.48. The Kier molecular flexibility index (Phi) is 5.21. The van der Waals surface area contributed by atoms with Crippen molar-refractivity contribution in [3.8, 4) is 5.88 Å². The Bertz CT molecular complexity index is 673. The summed E-state index contributed by atoms with van der Waals surface area (Å²) in [6.07, 6.45) is 12.0. The van der Waals surface area contributed by atoms with Gasteiger partial charge in [-0.25, -0.2) is 4.68 Å². The molecule has 1 aromatic rings. The number of carbonyl (C=O) groups excluding carboxylic acids is 1. The van der Waals surface area contributed by atoms with Gasteiger partial charge in [-0.1, -0.05) is 33.1 Å². The summed E-state index contributed by atoms with van der Waals surface area (Å²) in [5.41, 5.74) is 1.03. The lowest BCUT2D eigenvalue weighted by molar-refractivity contribution is -0.103. The first-order valence-corrected chi connectivity index (χ1v) is 10.9. The molecule has 1 aromatic heterocycles. The Morgan fingerprint density at radius 2 is 2.04 bits per heavy atom. The molecule has 3 atom stereocenters. The Hall–Kier alpha value is -1.52. The van der Waals surface area contributed by atoms with Crippen molar-refractivity contribution in [2.45, 2.75) is 65.2 Å². The lowest BCUT2D eigenvalue weighted by atomic mass is 9.45. The van der Waals surface area contributed by atoms with Gasteiger partial charge >= 0.3 is 0 Å². The number of nitrogens with one attached hydrogen (secondary N) is 1. The second-order valence-electron chi connectivity index (χ2n) is 9.71. The van der Waals surface area contributed by atoms with Gasteiger partial charge in [0.05, 0.1) is 12.8 Å². The fourth-order valence-corrected chi connectivity index (χ4v) is 5.83. The van der Waals surface area contributed by atoms with Gasteiger partial charge in [0.25, 0.3) is 5.91 Å². The van der Waals surface area contributed by atoms with E-state index in [0.29, 0.717) is 35.3 Å². The molecule has 0 spiro atoms. The molecular formula is C22H35N3O2. The van der Waals surface area contributed by atoms with E-state index in [4.69, 9.17) is 4.74 Å². The first-order valence-electron chi connectivity index (χ1n) is 10.9. The summed E-state index contributed by atoms with van der Waals surface area (Å²) in [5, 5.41) is 7.45. The molecular weight excluding hydrogens is 338 g/mol. The van der Waals surface area contributed by atoms with Gasteiger partial charge in [0.2, 0.25) is 5.88 Å². The molecule has 1 N–H and O–H groups in total. The zero-order chi connectivity index (χ0) is 19.0. The lowest BCUT2D eigenvalue weighted by Crippen LogP contribution is -2.54. The molecule has 4 aliphatic carbocycles. The first kappa shape index (κ1) is 18.8. The number of carbonyl (C=O) groups is 1. The molecule has 150 valence electrons. The highest BCUT2D eigenvalue weighted by atomic mass is 16.5. The van der Waals surface area contributed by atoms with E-state index in [2.05, 4.69) is 24.3 Å². The van der Waals surface area contributed by atoms with Crippen LogP contribution in [0.2, 0.25) is 0 Å². The third kappa shape index (κ3) is 3.62. The van der Waals surface area contributed by atoms with Crippen molar-refractivity contribution in [2.75, 3.05) is 13.2 Å². The SMILES string of the molecule is Cn1ncc(C(=O)NC[C@H]2CC[C@H]3C[C@@H]2C3(C)C)c1OCC1CCCCC1. The average Bonchev–Trinajstić information content (AvgIpc) is 3.05. The zero-order valence-corrected chi connectivity index (χ0v) is 17.2. The maximum Gasteiger partial charge on any atom is 0.258 e. The maximum atomic E-state index is 12.8. The van der Waals surface area contributed by atoms with E-state index in [1.807, 2.05) is 7.05 Å². The molecule has 0 saturated heterocycles. The Morgan fingerprint density at radius 3 is 2.74 bits per heavy atom. The van der Waals surface area contributed by atoms with Gasteiger partial charge < -0.3 is 10.1 Å². The Labute approximate surface area is 163 Å². The van der Waals surface area contributed by atoms with Crippen LogP contribution in [0.4, 0.5) is 0 Å². The van der Waals surface area contributed by atoms with Crippen LogP contribution >= 0.6 is 0 Å². The maximum absolute atomic E-state index is 12.8. The summed E-state index contributed by atoms with van der Waals surface area (Å²) in [4.78, 5) is 12.8. The lowest BCUT2D eigenvalue weighted by Gasteiger charge is -2.60. The van der Waals surface area contributed by atoms with Crippen molar-refractivity contribution in [3.05, 3.63) is 11.8 Å². The van der Waals surface area contributed by atoms with Crippen molar-refractivity contribution in [2.24, 2.45) is 36.1 Å². The van der Waals surface area contributed by atoms with Crippen molar-refractivity contribution in [1.82, 2.24) is 15.1 Å². The fraction of sp³-hybridized carbons (Fsp3) is 0.818. The van der Waals surface area contributed by atoms with Gasteiger partial charge in [-0.05, 0) is 61.2 Å². The number of hydrogen-bond donors (Lipinski definition) is 1. The zero-order valence-electron chi connectivity index (χ0n) is 17.2. The quantitative estimate of drug-likeness (QED) is 0.814. The van der Waals surface area contributed by atoms with E-state index in [0.717, 1.165) is 18.4 Å². The van der Waals surface area contributed by atoms with Crippen LogP contribution in [-0.4, -0.2) is 28.8 Å². The van der Waals surface area contributed by atoms with Gasteiger partial charge in [-0.3, -0.25) is 4.79 Å². The minimum Gasteiger partial charge on any atom is -0.477 e. The van der Waals surface area contributed by atoms with Crippen LogP contribution in [0.15, 0.2) is 6.20 Å². The fourth-order valence-electron chi connectivity index (χ4n) is 5.83. The van der Waals surface area contributed by atoms with Crippen molar-refractivity contribution < 1.29 is 9.53 Å². The normalized spacial score (nSPS) is 29.8. The molecule has 5 heteroatoms. The van der Waals surface area contributed by atoms with Gasteiger partial charge in [0.15, 0.2) is 0 Å². The molecule has 5 rings (SSSR count). The monoisotopic (exact) mass is 373 g/mol. The highest BCUT2D eigenvalue weighted by Crippen LogP contribution is 2.61. The molecule has 2 bridgehead atoms. The van der Waals surface area contributed by atoms with Gasteiger partial charge in [0.1, 0.15) is 5.56 Å². The third-order valence-electron chi connectivity index (χ3n) is 7.84. The summed E-state index contributed by atoms with van der Waals surface area (Å²) in [6, 6.07) is 0. The van der Waals surface area contributed by atoms with Crippen LogP contribution in [0.1, 0.15) is 75.6 Å². The molecule has 0 aromatic carbocycles. The van der Waals surface area contributed by atoms with Gasteiger partial charge in [-0.2, -0.15) is 5.10 Å². The third-order valence-corrected chi connectivity index (χ3v) is 7.84. The molecule has 0 radical (unpaired) electrons. The van der Waals surface area contributed by atoms with Crippen LogP contribution in [0.3, 0.4) is 0 Å². The summed E-state index contributed by atoms with van der Waals surface area (Å²) in [6.45, 7) is 6.27. The summed E-state index contributed by atoms with van der Waals surface area (Å²) in [7, 11) is 1.85. The summed E-state index contributed by atoms with van der Waals surface area (Å²) in [5.74, 6) is 3.45.